The number of nitriles is 1. The van der Waals surface area contributed by atoms with E-state index in [9.17, 15) is 9.50 Å². The molecule has 4 aromatic rings. The summed E-state index contributed by atoms with van der Waals surface area (Å²) in [6, 6.07) is 9.94. The second kappa shape index (κ2) is 9.64. The molecule has 10 heteroatoms. The molecule has 2 aliphatic rings. The number of hydrogen-bond acceptors (Lipinski definition) is 7. The standard InChI is InChI=1S/C27H22Cl2FN3O3S/c28-18-2-1-3-19(29)23(18)24-17(25(36-33-24)14-4-5-14)13-35-16-6-8-27(34,9-7-16)26-32-21-11-20(30)15(12-31)10-22(21)37-26/h1-3,10-11,14,16,34H,4-9,13H2. The number of thiazole rings is 1. The van der Waals surface area contributed by atoms with Gasteiger partial charge in [-0.05, 0) is 56.7 Å². The second-order valence-corrected chi connectivity index (χ2v) is 11.6. The molecule has 2 aromatic carbocycles. The van der Waals surface area contributed by atoms with Crippen LogP contribution in [0, 0.1) is 17.1 Å². The zero-order chi connectivity index (χ0) is 25.7. The van der Waals surface area contributed by atoms with Crippen LogP contribution in [0.3, 0.4) is 0 Å². The first-order chi connectivity index (χ1) is 17.9. The van der Waals surface area contributed by atoms with Crippen molar-refractivity contribution in [3.8, 4) is 17.3 Å². The van der Waals surface area contributed by atoms with E-state index in [0.717, 1.165) is 24.2 Å². The largest absolute Gasteiger partial charge is 0.383 e. The van der Waals surface area contributed by atoms with E-state index in [1.807, 2.05) is 6.07 Å². The minimum absolute atomic E-state index is 0.0245. The maximum Gasteiger partial charge on any atom is 0.145 e. The fourth-order valence-electron chi connectivity index (χ4n) is 4.93. The number of benzene rings is 2. The quantitative estimate of drug-likeness (QED) is 0.264. The lowest BCUT2D eigenvalue weighted by atomic mass is 9.83. The topological polar surface area (TPSA) is 92.2 Å². The highest BCUT2D eigenvalue weighted by atomic mass is 35.5. The smallest absolute Gasteiger partial charge is 0.145 e. The van der Waals surface area contributed by atoms with Gasteiger partial charge in [0.25, 0.3) is 0 Å². The molecule has 0 radical (unpaired) electrons. The number of aromatic nitrogens is 2. The number of aliphatic hydroxyl groups is 1. The van der Waals surface area contributed by atoms with Gasteiger partial charge in [0, 0.05) is 23.1 Å². The maximum atomic E-state index is 14.0. The van der Waals surface area contributed by atoms with Crippen molar-refractivity contribution >= 4 is 44.8 Å². The number of rotatable bonds is 6. The first-order valence-electron chi connectivity index (χ1n) is 12.1. The van der Waals surface area contributed by atoms with Crippen LogP contribution in [0.1, 0.15) is 66.3 Å². The Hall–Kier alpha value is -2.54. The first-order valence-corrected chi connectivity index (χ1v) is 13.7. The van der Waals surface area contributed by atoms with Crippen LogP contribution in [0.4, 0.5) is 4.39 Å². The minimum atomic E-state index is -1.11. The molecule has 2 aliphatic carbocycles. The van der Waals surface area contributed by atoms with Crippen LogP contribution in [0.15, 0.2) is 34.9 Å². The Morgan fingerprint density at radius 1 is 1.19 bits per heavy atom. The normalized spacial score (nSPS) is 21.9. The van der Waals surface area contributed by atoms with E-state index < -0.39 is 11.4 Å². The molecule has 0 atom stereocenters. The van der Waals surface area contributed by atoms with Gasteiger partial charge >= 0.3 is 0 Å². The van der Waals surface area contributed by atoms with E-state index >= 15 is 0 Å². The molecular formula is C27H22Cl2FN3O3S. The van der Waals surface area contributed by atoms with Crippen molar-refractivity contribution in [2.75, 3.05) is 0 Å². The van der Waals surface area contributed by atoms with Gasteiger partial charge in [0.2, 0.25) is 0 Å². The Balaban J connectivity index is 1.18. The minimum Gasteiger partial charge on any atom is -0.383 e. The molecule has 0 spiro atoms. The predicted octanol–water partition coefficient (Wildman–Crippen LogP) is 7.49. The summed E-state index contributed by atoms with van der Waals surface area (Å²) in [5, 5.41) is 26.3. The summed E-state index contributed by atoms with van der Waals surface area (Å²) in [7, 11) is 0. The van der Waals surface area contributed by atoms with Gasteiger partial charge in [0.05, 0.1) is 38.5 Å². The molecule has 0 unspecified atom stereocenters. The van der Waals surface area contributed by atoms with Crippen molar-refractivity contribution in [1.82, 2.24) is 10.1 Å². The predicted molar refractivity (Wildman–Crippen MR) is 139 cm³/mol. The molecule has 0 aliphatic heterocycles. The molecule has 2 fully saturated rings. The van der Waals surface area contributed by atoms with Gasteiger partial charge in [0.15, 0.2) is 0 Å². The van der Waals surface area contributed by atoms with Crippen molar-refractivity contribution in [2.24, 2.45) is 0 Å². The first kappa shape index (κ1) is 24.8. The van der Waals surface area contributed by atoms with Gasteiger partial charge < -0.3 is 14.4 Å². The van der Waals surface area contributed by atoms with E-state index in [4.69, 9.17) is 37.7 Å². The SMILES string of the molecule is N#Cc1cc2sc(C3(O)CCC(OCc4c(-c5c(Cl)cccc5Cl)noc4C4CC4)CC3)nc2cc1F. The summed E-state index contributed by atoms with van der Waals surface area (Å²) in [5.41, 5.74) is 1.45. The van der Waals surface area contributed by atoms with Crippen LogP contribution in [-0.4, -0.2) is 21.4 Å². The molecule has 190 valence electrons. The Kier molecular flexibility index (Phi) is 6.46. The Labute approximate surface area is 226 Å². The van der Waals surface area contributed by atoms with Gasteiger partial charge in [-0.3, -0.25) is 0 Å². The van der Waals surface area contributed by atoms with Crippen molar-refractivity contribution in [1.29, 1.82) is 5.26 Å². The van der Waals surface area contributed by atoms with Gasteiger partial charge in [-0.15, -0.1) is 11.3 Å². The Morgan fingerprint density at radius 2 is 1.92 bits per heavy atom. The van der Waals surface area contributed by atoms with E-state index in [2.05, 4.69) is 10.1 Å². The molecular weight excluding hydrogens is 536 g/mol. The van der Waals surface area contributed by atoms with Gasteiger partial charge in [-0.2, -0.15) is 5.26 Å². The average Bonchev–Trinajstić information content (AvgIpc) is 3.51. The average molecular weight is 558 g/mol. The van der Waals surface area contributed by atoms with Crippen LogP contribution in [0.2, 0.25) is 10.0 Å². The monoisotopic (exact) mass is 557 g/mol. The number of nitrogens with zero attached hydrogens (tertiary/aromatic N) is 3. The fourth-order valence-corrected chi connectivity index (χ4v) is 6.64. The summed E-state index contributed by atoms with van der Waals surface area (Å²) >= 11 is 14.2. The number of hydrogen-bond donors (Lipinski definition) is 1. The highest BCUT2D eigenvalue weighted by Crippen LogP contribution is 2.47. The molecule has 6 nitrogen and oxygen atoms in total. The zero-order valence-corrected chi connectivity index (χ0v) is 22.0. The van der Waals surface area contributed by atoms with Crippen molar-refractivity contribution in [3.63, 3.8) is 0 Å². The van der Waals surface area contributed by atoms with E-state index in [1.165, 1.54) is 23.5 Å². The molecule has 1 N–H and O–H groups in total. The third kappa shape index (κ3) is 4.64. The summed E-state index contributed by atoms with van der Waals surface area (Å²) in [6.07, 6.45) is 4.24. The Bertz CT molecular complexity index is 1510. The van der Waals surface area contributed by atoms with Crippen LogP contribution in [0.25, 0.3) is 21.5 Å². The molecule has 37 heavy (non-hydrogen) atoms. The molecule has 0 amide bonds. The maximum absolute atomic E-state index is 14.0. The highest BCUT2D eigenvalue weighted by molar-refractivity contribution is 7.18. The van der Waals surface area contributed by atoms with Crippen molar-refractivity contribution in [2.45, 2.75) is 62.8 Å². The summed E-state index contributed by atoms with van der Waals surface area (Å²) in [4.78, 5) is 4.49. The van der Waals surface area contributed by atoms with Crippen LogP contribution in [0.5, 0.6) is 0 Å². The fraction of sp³-hybridized carbons (Fsp3) is 0.370. The molecule has 0 saturated heterocycles. The molecule has 2 aromatic heterocycles. The third-order valence-corrected chi connectivity index (χ3v) is 9.03. The van der Waals surface area contributed by atoms with Gasteiger partial charge in [0.1, 0.15) is 33.9 Å². The van der Waals surface area contributed by atoms with E-state index in [0.29, 0.717) is 74.7 Å². The molecule has 2 heterocycles. The van der Waals surface area contributed by atoms with Gasteiger partial charge in [-0.1, -0.05) is 34.4 Å². The van der Waals surface area contributed by atoms with Gasteiger partial charge in [-0.25, -0.2) is 9.37 Å². The lowest BCUT2D eigenvalue weighted by Gasteiger charge is -2.34. The van der Waals surface area contributed by atoms with Crippen molar-refractivity contribution < 1.29 is 18.8 Å². The highest BCUT2D eigenvalue weighted by Gasteiger charge is 2.39. The molecule has 6 rings (SSSR count). The number of halogens is 3. The van der Waals surface area contributed by atoms with Crippen LogP contribution in [-0.2, 0) is 16.9 Å². The zero-order valence-electron chi connectivity index (χ0n) is 19.6. The summed E-state index contributed by atoms with van der Waals surface area (Å²) in [5.74, 6) is 0.562. The lowest BCUT2D eigenvalue weighted by Crippen LogP contribution is -2.34. The summed E-state index contributed by atoms with van der Waals surface area (Å²) < 4.78 is 26.8. The van der Waals surface area contributed by atoms with E-state index in [1.54, 1.807) is 18.2 Å². The number of ether oxygens (including phenoxy) is 1. The molecule has 0 bridgehead atoms. The Morgan fingerprint density at radius 3 is 2.59 bits per heavy atom. The number of fused-ring (bicyclic) bond motifs is 1. The second-order valence-electron chi connectivity index (χ2n) is 9.72. The van der Waals surface area contributed by atoms with E-state index in [-0.39, 0.29) is 11.7 Å². The lowest BCUT2D eigenvalue weighted by molar-refractivity contribution is -0.0640. The van der Waals surface area contributed by atoms with Crippen LogP contribution < -0.4 is 0 Å². The van der Waals surface area contributed by atoms with Crippen molar-refractivity contribution in [3.05, 3.63) is 68.1 Å². The third-order valence-electron chi connectivity index (χ3n) is 7.19. The van der Waals surface area contributed by atoms with Crippen LogP contribution >= 0.6 is 34.5 Å². The summed E-state index contributed by atoms with van der Waals surface area (Å²) in [6.45, 7) is 0.312. The molecule has 2 saturated carbocycles.